The third kappa shape index (κ3) is 2.32. The van der Waals surface area contributed by atoms with Crippen LogP contribution in [0.1, 0.15) is 40.0 Å². The van der Waals surface area contributed by atoms with Crippen molar-refractivity contribution in [2.24, 2.45) is 17.6 Å². The summed E-state index contributed by atoms with van der Waals surface area (Å²) < 4.78 is 5.27. The van der Waals surface area contributed by atoms with Crippen molar-refractivity contribution in [1.82, 2.24) is 5.32 Å². The maximum Gasteiger partial charge on any atom is 0.407 e. The fourth-order valence-corrected chi connectivity index (χ4v) is 3.05. The predicted molar refractivity (Wildman–Crippen MR) is 62.0 cm³/mol. The molecule has 4 heteroatoms. The fraction of sp³-hybridized carbons (Fsp3) is 0.917. The van der Waals surface area contributed by atoms with Gasteiger partial charge in [-0.25, -0.2) is 4.79 Å². The smallest absolute Gasteiger partial charge is 0.407 e. The molecule has 0 heterocycles. The van der Waals surface area contributed by atoms with Crippen molar-refractivity contribution in [2.75, 3.05) is 0 Å². The Labute approximate surface area is 96.9 Å². The standard InChI is InChI=1S/C12H22N2O2/c1-12(2,3)16-11(15)14-10-7-4-5-8(10)9(13)6-7/h7-10H,4-6,13H2,1-3H3,(H,14,15). The normalized spacial score (nSPS) is 37.5. The minimum Gasteiger partial charge on any atom is -0.444 e. The maximum atomic E-state index is 11.7. The molecule has 0 aromatic carbocycles. The number of alkyl carbamates (subject to hydrolysis) is 1. The molecule has 0 spiro atoms. The molecule has 2 saturated carbocycles. The number of carbonyl (C=O) groups is 1. The van der Waals surface area contributed by atoms with Crippen LogP contribution < -0.4 is 11.1 Å². The third-order valence-corrected chi connectivity index (χ3v) is 3.65. The van der Waals surface area contributed by atoms with Crippen molar-refractivity contribution in [1.29, 1.82) is 0 Å². The first-order valence-corrected chi connectivity index (χ1v) is 6.12. The molecule has 2 aliphatic carbocycles. The lowest BCUT2D eigenvalue weighted by Crippen LogP contribution is -2.43. The number of hydrogen-bond donors (Lipinski definition) is 2. The van der Waals surface area contributed by atoms with Crippen molar-refractivity contribution < 1.29 is 9.53 Å². The first kappa shape index (κ1) is 11.7. The zero-order chi connectivity index (χ0) is 11.9. The summed E-state index contributed by atoms with van der Waals surface area (Å²) in [4.78, 5) is 11.7. The number of nitrogens with two attached hydrogens (primary N) is 1. The quantitative estimate of drug-likeness (QED) is 0.714. The average Bonchev–Trinajstić information content (AvgIpc) is 2.57. The lowest BCUT2D eigenvalue weighted by molar-refractivity contribution is 0.0490. The van der Waals surface area contributed by atoms with E-state index >= 15 is 0 Å². The average molecular weight is 226 g/mol. The second-order valence-electron chi connectivity index (χ2n) is 6.07. The fourth-order valence-electron chi connectivity index (χ4n) is 3.05. The van der Waals surface area contributed by atoms with Crippen LogP contribution in [0, 0.1) is 11.8 Å². The van der Waals surface area contributed by atoms with Gasteiger partial charge < -0.3 is 15.8 Å². The number of rotatable bonds is 1. The zero-order valence-corrected chi connectivity index (χ0v) is 10.3. The first-order chi connectivity index (χ1) is 7.37. The Hall–Kier alpha value is -0.770. The number of amides is 1. The van der Waals surface area contributed by atoms with Crippen molar-refractivity contribution >= 4 is 6.09 Å². The van der Waals surface area contributed by atoms with Crippen molar-refractivity contribution in [2.45, 2.75) is 57.7 Å². The molecule has 0 aromatic rings. The van der Waals surface area contributed by atoms with Crippen LogP contribution in [0.4, 0.5) is 4.79 Å². The molecule has 4 unspecified atom stereocenters. The van der Waals surface area contributed by atoms with Gasteiger partial charge in [0.25, 0.3) is 0 Å². The Morgan fingerprint density at radius 1 is 1.38 bits per heavy atom. The molecule has 3 N–H and O–H groups in total. The highest BCUT2D eigenvalue weighted by Gasteiger charge is 2.47. The monoisotopic (exact) mass is 226 g/mol. The summed E-state index contributed by atoms with van der Waals surface area (Å²) in [5, 5.41) is 2.99. The van der Waals surface area contributed by atoms with Crippen LogP contribution in [0.15, 0.2) is 0 Å². The molecule has 4 nitrogen and oxygen atoms in total. The second-order valence-corrected chi connectivity index (χ2v) is 6.07. The lowest BCUT2D eigenvalue weighted by Gasteiger charge is -2.23. The van der Waals surface area contributed by atoms with E-state index in [1.807, 2.05) is 20.8 Å². The van der Waals surface area contributed by atoms with E-state index in [9.17, 15) is 4.79 Å². The summed E-state index contributed by atoms with van der Waals surface area (Å²) in [6.07, 6.45) is 3.08. The summed E-state index contributed by atoms with van der Waals surface area (Å²) in [6, 6.07) is 0.503. The van der Waals surface area contributed by atoms with Gasteiger partial charge in [-0.1, -0.05) is 0 Å². The number of ether oxygens (including phenoxy) is 1. The number of fused-ring (bicyclic) bond motifs is 2. The SMILES string of the molecule is CC(C)(C)OC(=O)NC1C2CCC1C(N)C2. The van der Waals surface area contributed by atoms with Crippen molar-refractivity contribution in [3.8, 4) is 0 Å². The molecular formula is C12H22N2O2. The van der Waals surface area contributed by atoms with Crippen LogP contribution in [-0.2, 0) is 4.74 Å². The highest BCUT2D eigenvalue weighted by atomic mass is 16.6. The van der Waals surface area contributed by atoms with Gasteiger partial charge in [0.05, 0.1) is 0 Å². The van der Waals surface area contributed by atoms with Gasteiger partial charge in [-0.05, 0) is 51.9 Å². The summed E-state index contributed by atoms with van der Waals surface area (Å²) in [7, 11) is 0. The van der Waals surface area contributed by atoms with E-state index in [4.69, 9.17) is 10.5 Å². The molecule has 2 rings (SSSR count). The highest BCUT2D eigenvalue weighted by Crippen LogP contribution is 2.43. The molecule has 2 fully saturated rings. The second kappa shape index (κ2) is 3.91. The molecule has 2 aliphatic rings. The minimum absolute atomic E-state index is 0.241. The molecule has 92 valence electrons. The molecule has 0 saturated heterocycles. The highest BCUT2D eigenvalue weighted by molar-refractivity contribution is 5.68. The Kier molecular flexibility index (Phi) is 2.86. The Morgan fingerprint density at radius 3 is 2.50 bits per heavy atom. The Bertz CT molecular complexity index is 285. The summed E-state index contributed by atoms with van der Waals surface area (Å²) >= 11 is 0. The molecule has 2 bridgehead atoms. The zero-order valence-electron chi connectivity index (χ0n) is 10.3. The van der Waals surface area contributed by atoms with E-state index in [0.717, 1.165) is 12.8 Å². The molecule has 4 atom stereocenters. The van der Waals surface area contributed by atoms with Gasteiger partial charge >= 0.3 is 6.09 Å². The van der Waals surface area contributed by atoms with Gasteiger partial charge in [-0.15, -0.1) is 0 Å². The minimum atomic E-state index is -0.427. The van der Waals surface area contributed by atoms with E-state index in [1.54, 1.807) is 0 Å². The lowest BCUT2D eigenvalue weighted by atomic mass is 9.96. The maximum absolute atomic E-state index is 11.7. The number of hydrogen-bond acceptors (Lipinski definition) is 3. The summed E-state index contributed by atoms with van der Waals surface area (Å²) in [5.41, 5.74) is 5.59. The van der Waals surface area contributed by atoms with Crippen LogP contribution in [-0.4, -0.2) is 23.8 Å². The number of nitrogens with one attached hydrogen (secondary N) is 1. The third-order valence-electron chi connectivity index (χ3n) is 3.65. The molecular weight excluding hydrogens is 204 g/mol. The van der Waals surface area contributed by atoms with E-state index in [0.29, 0.717) is 11.8 Å². The molecule has 0 aliphatic heterocycles. The van der Waals surface area contributed by atoms with Gasteiger partial charge in [0.2, 0.25) is 0 Å². The predicted octanol–water partition coefficient (Wildman–Crippen LogP) is 1.64. The van der Waals surface area contributed by atoms with Crippen LogP contribution in [0.2, 0.25) is 0 Å². The Morgan fingerprint density at radius 2 is 2.06 bits per heavy atom. The van der Waals surface area contributed by atoms with Crippen molar-refractivity contribution in [3.05, 3.63) is 0 Å². The Balaban J connectivity index is 1.89. The molecule has 1 amide bonds. The van der Waals surface area contributed by atoms with E-state index < -0.39 is 5.60 Å². The van der Waals surface area contributed by atoms with E-state index in [1.165, 1.54) is 6.42 Å². The molecule has 16 heavy (non-hydrogen) atoms. The van der Waals surface area contributed by atoms with Gasteiger partial charge in [0.1, 0.15) is 5.60 Å². The van der Waals surface area contributed by atoms with E-state index in [2.05, 4.69) is 5.32 Å². The van der Waals surface area contributed by atoms with Gasteiger partial charge in [-0.2, -0.15) is 0 Å². The van der Waals surface area contributed by atoms with Gasteiger partial charge in [0, 0.05) is 12.1 Å². The largest absolute Gasteiger partial charge is 0.444 e. The molecule has 0 aromatic heterocycles. The van der Waals surface area contributed by atoms with Gasteiger partial charge in [0.15, 0.2) is 0 Å². The van der Waals surface area contributed by atoms with Gasteiger partial charge in [-0.3, -0.25) is 0 Å². The summed E-state index contributed by atoms with van der Waals surface area (Å²) in [5.74, 6) is 1.02. The van der Waals surface area contributed by atoms with Crippen molar-refractivity contribution in [3.63, 3.8) is 0 Å². The number of carbonyl (C=O) groups excluding carboxylic acids is 1. The van der Waals surface area contributed by atoms with Crippen LogP contribution in [0.3, 0.4) is 0 Å². The van der Waals surface area contributed by atoms with Crippen LogP contribution in [0.5, 0.6) is 0 Å². The first-order valence-electron chi connectivity index (χ1n) is 6.12. The molecule has 0 radical (unpaired) electrons. The van der Waals surface area contributed by atoms with Crippen LogP contribution >= 0.6 is 0 Å². The topological polar surface area (TPSA) is 64.3 Å². The summed E-state index contributed by atoms with van der Waals surface area (Å²) in [6.45, 7) is 5.63. The van der Waals surface area contributed by atoms with Crippen LogP contribution in [0.25, 0.3) is 0 Å². The van der Waals surface area contributed by atoms with E-state index in [-0.39, 0.29) is 18.2 Å².